The summed E-state index contributed by atoms with van der Waals surface area (Å²) in [5, 5.41) is 0. The molecule has 0 saturated carbocycles. The Morgan fingerprint density at radius 2 is 1.65 bits per heavy atom. The molecular formula is C15H32IN. The van der Waals surface area contributed by atoms with Crippen molar-refractivity contribution in [3.05, 3.63) is 0 Å². The van der Waals surface area contributed by atoms with E-state index in [0.29, 0.717) is 9.46 Å². The molecule has 0 saturated heterocycles. The number of nitrogens with zero attached hydrogens (tertiary/aromatic N) is 1. The molecule has 1 nitrogen and oxygen atoms in total. The van der Waals surface area contributed by atoms with Crippen LogP contribution in [0.25, 0.3) is 0 Å². The Morgan fingerprint density at radius 1 is 1.06 bits per heavy atom. The van der Waals surface area contributed by atoms with Crippen molar-refractivity contribution in [1.29, 1.82) is 0 Å². The molecule has 104 valence electrons. The molecule has 0 aromatic heterocycles. The zero-order chi connectivity index (χ0) is 13.3. The molecule has 0 fully saturated rings. The van der Waals surface area contributed by atoms with Crippen LogP contribution in [0.2, 0.25) is 0 Å². The minimum Gasteiger partial charge on any atom is -0.301 e. The summed E-state index contributed by atoms with van der Waals surface area (Å²) in [4.78, 5) is 2.64. The van der Waals surface area contributed by atoms with E-state index in [-0.39, 0.29) is 0 Å². The summed E-state index contributed by atoms with van der Waals surface area (Å²) in [6.45, 7) is 14.2. The highest BCUT2D eigenvalue weighted by Crippen LogP contribution is 2.28. The van der Waals surface area contributed by atoms with Gasteiger partial charge < -0.3 is 4.90 Å². The lowest BCUT2D eigenvalue weighted by Gasteiger charge is -2.27. The first kappa shape index (κ1) is 17.7. The molecule has 0 aromatic carbocycles. The van der Waals surface area contributed by atoms with E-state index < -0.39 is 0 Å². The number of halogens is 1. The van der Waals surface area contributed by atoms with Gasteiger partial charge in [0, 0.05) is 9.46 Å². The monoisotopic (exact) mass is 353 g/mol. The molecular weight excluding hydrogens is 321 g/mol. The summed E-state index contributed by atoms with van der Waals surface area (Å²) < 4.78 is 0.518. The van der Waals surface area contributed by atoms with Crippen molar-refractivity contribution in [1.82, 2.24) is 4.90 Å². The van der Waals surface area contributed by atoms with Gasteiger partial charge in [-0.1, -0.05) is 56.2 Å². The lowest BCUT2D eigenvalue weighted by molar-refractivity contribution is 0.213. The van der Waals surface area contributed by atoms with Gasteiger partial charge in [0.15, 0.2) is 0 Å². The van der Waals surface area contributed by atoms with Crippen LogP contribution in [0.1, 0.15) is 73.1 Å². The van der Waals surface area contributed by atoms with Crippen LogP contribution in [0.5, 0.6) is 0 Å². The Balaban J connectivity index is 3.75. The molecule has 0 radical (unpaired) electrons. The third-order valence-electron chi connectivity index (χ3n) is 3.66. The Bertz CT molecular complexity index is 178. The van der Waals surface area contributed by atoms with E-state index in [1.54, 1.807) is 0 Å². The second-order valence-electron chi connectivity index (χ2n) is 5.71. The third-order valence-corrected chi connectivity index (χ3v) is 4.96. The first-order valence-corrected chi connectivity index (χ1v) is 8.43. The van der Waals surface area contributed by atoms with Crippen LogP contribution < -0.4 is 0 Å². The number of hydrogen-bond acceptors (Lipinski definition) is 1. The number of alkyl halides is 1. The standard InChI is InChI=1S/C15H32IN/c1-6-8-12-17(14(3)4)13-10-9-11-15(5,16)7-2/h14H,6-13H2,1-5H3. The van der Waals surface area contributed by atoms with Gasteiger partial charge in [-0.05, 0) is 52.6 Å². The highest BCUT2D eigenvalue weighted by molar-refractivity contribution is 14.1. The van der Waals surface area contributed by atoms with Crippen molar-refractivity contribution in [3.63, 3.8) is 0 Å². The zero-order valence-corrected chi connectivity index (χ0v) is 14.7. The van der Waals surface area contributed by atoms with Crippen molar-refractivity contribution in [2.45, 2.75) is 82.6 Å². The van der Waals surface area contributed by atoms with Gasteiger partial charge in [0.1, 0.15) is 0 Å². The van der Waals surface area contributed by atoms with E-state index in [2.05, 4.69) is 62.1 Å². The maximum atomic E-state index is 2.64. The molecule has 0 aliphatic heterocycles. The van der Waals surface area contributed by atoms with E-state index in [0.717, 1.165) is 0 Å². The van der Waals surface area contributed by atoms with Crippen LogP contribution in [-0.4, -0.2) is 27.5 Å². The van der Waals surface area contributed by atoms with E-state index in [1.807, 2.05) is 0 Å². The Morgan fingerprint density at radius 3 is 2.12 bits per heavy atom. The molecule has 0 heterocycles. The minimum atomic E-state index is 0.518. The Labute approximate surface area is 123 Å². The fourth-order valence-corrected chi connectivity index (χ4v) is 2.36. The summed E-state index contributed by atoms with van der Waals surface area (Å²) in [5.74, 6) is 0. The Hall–Kier alpha value is 0.690. The fourth-order valence-electron chi connectivity index (χ4n) is 1.97. The minimum absolute atomic E-state index is 0.518. The van der Waals surface area contributed by atoms with Gasteiger partial charge in [0.05, 0.1) is 0 Å². The van der Waals surface area contributed by atoms with Gasteiger partial charge >= 0.3 is 0 Å². The zero-order valence-electron chi connectivity index (χ0n) is 12.6. The van der Waals surface area contributed by atoms with Crippen molar-refractivity contribution < 1.29 is 0 Å². The summed E-state index contributed by atoms with van der Waals surface area (Å²) in [6.07, 6.45) is 8.05. The molecule has 17 heavy (non-hydrogen) atoms. The maximum absolute atomic E-state index is 2.64. The van der Waals surface area contributed by atoms with Gasteiger partial charge in [-0.25, -0.2) is 0 Å². The number of unbranched alkanes of at least 4 members (excludes halogenated alkanes) is 2. The first-order valence-electron chi connectivity index (χ1n) is 7.36. The van der Waals surface area contributed by atoms with Crippen molar-refractivity contribution in [3.8, 4) is 0 Å². The van der Waals surface area contributed by atoms with Crippen molar-refractivity contribution >= 4 is 22.6 Å². The first-order chi connectivity index (χ1) is 7.93. The maximum Gasteiger partial charge on any atom is 0.0191 e. The molecule has 0 aliphatic rings. The van der Waals surface area contributed by atoms with Gasteiger partial charge in [-0.15, -0.1) is 0 Å². The van der Waals surface area contributed by atoms with Crippen LogP contribution in [0.4, 0.5) is 0 Å². The molecule has 0 amide bonds. The van der Waals surface area contributed by atoms with Gasteiger partial charge in [-0.2, -0.15) is 0 Å². The Kier molecular flexibility index (Phi) is 9.99. The normalized spacial score (nSPS) is 15.5. The topological polar surface area (TPSA) is 3.24 Å². The fraction of sp³-hybridized carbons (Fsp3) is 1.00. The van der Waals surface area contributed by atoms with Crippen molar-refractivity contribution in [2.75, 3.05) is 13.1 Å². The van der Waals surface area contributed by atoms with E-state index in [9.17, 15) is 0 Å². The van der Waals surface area contributed by atoms with E-state index >= 15 is 0 Å². The molecule has 0 N–H and O–H groups in total. The van der Waals surface area contributed by atoms with Crippen LogP contribution >= 0.6 is 22.6 Å². The smallest absolute Gasteiger partial charge is 0.0191 e. The van der Waals surface area contributed by atoms with Crippen molar-refractivity contribution in [2.24, 2.45) is 0 Å². The van der Waals surface area contributed by atoms with Crippen LogP contribution in [0, 0.1) is 0 Å². The van der Waals surface area contributed by atoms with Crippen LogP contribution in [0.15, 0.2) is 0 Å². The molecule has 1 unspecified atom stereocenters. The largest absolute Gasteiger partial charge is 0.301 e. The molecule has 0 aliphatic carbocycles. The number of rotatable bonds is 10. The van der Waals surface area contributed by atoms with Crippen LogP contribution in [0.3, 0.4) is 0 Å². The highest BCUT2D eigenvalue weighted by Gasteiger charge is 2.16. The molecule has 0 aromatic rings. The molecule has 2 heteroatoms. The van der Waals surface area contributed by atoms with E-state index in [1.165, 1.54) is 51.6 Å². The summed E-state index contributed by atoms with van der Waals surface area (Å²) >= 11 is 2.62. The highest BCUT2D eigenvalue weighted by atomic mass is 127. The molecule has 1 atom stereocenters. The SMILES string of the molecule is CCCCN(CCCCC(C)(I)CC)C(C)C. The predicted molar refractivity (Wildman–Crippen MR) is 88.2 cm³/mol. The molecule has 0 rings (SSSR count). The lowest BCUT2D eigenvalue weighted by Crippen LogP contribution is -2.32. The molecule has 0 spiro atoms. The van der Waals surface area contributed by atoms with Gasteiger partial charge in [-0.3, -0.25) is 0 Å². The summed E-state index contributed by atoms with van der Waals surface area (Å²) in [5.41, 5.74) is 0. The average molecular weight is 353 g/mol. The second kappa shape index (κ2) is 9.60. The van der Waals surface area contributed by atoms with Crippen LogP contribution in [-0.2, 0) is 0 Å². The van der Waals surface area contributed by atoms with Gasteiger partial charge in [0.25, 0.3) is 0 Å². The third kappa shape index (κ3) is 9.29. The summed E-state index contributed by atoms with van der Waals surface area (Å²) in [6, 6.07) is 0.707. The molecule has 0 bridgehead atoms. The summed E-state index contributed by atoms with van der Waals surface area (Å²) in [7, 11) is 0. The average Bonchev–Trinajstić information content (AvgIpc) is 2.27. The predicted octanol–water partition coefficient (Wildman–Crippen LogP) is 5.27. The van der Waals surface area contributed by atoms with E-state index in [4.69, 9.17) is 0 Å². The lowest BCUT2D eigenvalue weighted by atomic mass is 10.0. The number of hydrogen-bond donors (Lipinski definition) is 0. The quantitative estimate of drug-likeness (QED) is 0.294. The second-order valence-corrected chi connectivity index (χ2v) is 8.31. The van der Waals surface area contributed by atoms with Gasteiger partial charge in [0.2, 0.25) is 0 Å².